The van der Waals surface area contributed by atoms with Crippen molar-refractivity contribution in [2.24, 2.45) is 0 Å². The first-order valence-electron chi connectivity index (χ1n) is 3.73. The topological polar surface area (TPSA) is 12.9 Å². The van der Waals surface area contributed by atoms with Crippen LogP contribution in [0.3, 0.4) is 0 Å². The highest BCUT2D eigenvalue weighted by Gasteiger charge is 1.89. The predicted octanol–water partition coefficient (Wildman–Crippen LogP) is 1.09. The van der Waals surface area contributed by atoms with Crippen LogP contribution < -0.4 is 10.4 Å². The van der Waals surface area contributed by atoms with Crippen LogP contribution in [0.4, 0.5) is 0 Å². The first-order chi connectivity index (χ1) is 5.79. The summed E-state index contributed by atoms with van der Waals surface area (Å²) in [4.78, 5) is 3.99. The number of pyridine rings is 1. The molecule has 0 N–H and O–H groups in total. The molecule has 1 unspecified atom stereocenters. The van der Waals surface area contributed by atoms with Crippen LogP contribution in [-0.2, 0) is 0 Å². The minimum Gasteiger partial charge on any atom is -0.264 e. The third kappa shape index (κ3) is 1.80. The molecule has 0 aliphatic heterocycles. The van der Waals surface area contributed by atoms with Gasteiger partial charge in [0.2, 0.25) is 0 Å². The Morgan fingerprint density at radius 3 is 2.92 bits per heavy atom. The van der Waals surface area contributed by atoms with Crippen LogP contribution in [-0.4, -0.2) is 11.6 Å². The molecule has 2 heteroatoms. The Morgan fingerprint density at radius 2 is 2.42 bits per heavy atom. The van der Waals surface area contributed by atoms with Gasteiger partial charge in [0.05, 0.1) is 0 Å². The van der Waals surface area contributed by atoms with E-state index in [1.807, 2.05) is 12.1 Å². The summed E-state index contributed by atoms with van der Waals surface area (Å²) in [7, 11) is 0.754. The lowest BCUT2D eigenvalue weighted by atomic mass is 10.3. The third-order valence-electron chi connectivity index (χ3n) is 1.67. The maximum absolute atomic E-state index is 3.99. The molecule has 1 heterocycles. The summed E-state index contributed by atoms with van der Waals surface area (Å²) in [5, 5.41) is 3.39. The van der Waals surface area contributed by atoms with E-state index >= 15 is 0 Å². The normalized spacial score (nSPS) is 13.4. The number of hydrogen-bond acceptors (Lipinski definition) is 1. The Morgan fingerprint density at radius 1 is 1.67 bits per heavy atom. The van der Waals surface area contributed by atoms with Crippen LogP contribution in [0.5, 0.6) is 0 Å². The molecule has 0 aromatic carbocycles. The van der Waals surface area contributed by atoms with Crippen molar-refractivity contribution in [1.29, 1.82) is 0 Å². The zero-order valence-corrected chi connectivity index (χ0v) is 8.17. The van der Waals surface area contributed by atoms with Crippen LogP contribution in [0.2, 0.25) is 0 Å². The van der Waals surface area contributed by atoms with Gasteiger partial charge in [0.25, 0.3) is 0 Å². The van der Waals surface area contributed by atoms with E-state index in [2.05, 4.69) is 24.8 Å². The highest BCUT2D eigenvalue weighted by molar-refractivity contribution is 7.49. The smallest absolute Gasteiger partial charge is 0.0340 e. The van der Waals surface area contributed by atoms with Gasteiger partial charge in [-0.1, -0.05) is 27.8 Å². The van der Waals surface area contributed by atoms with Crippen LogP contribution in [0.15, 0.2) is 31.1 Å². The van der Waals surface area contributed by atoms with Crippen molar-refractivity contribution < 1.29 is 0 Å². The van der Waals surface area contributed by atoms with E-state index < -0.39 is 0 Å². The molecule has 0 amide bonds. The van der Waals surface area contributed by atoms with Gasteiger partial charge in [0.1, 0.15) is 0 Å². The Balaban J connectivity index is 3.53. The maximum atomic E-state index is 3.99. The fourth-order valence-corrected chi connectivity index (χ4v) is 1.75. The van der Waals surface area contributed by atoms with E-state index in [4.69, 9.17) is 0 Å². The van der Waals surface area contributed by atoms with Crippen molar-refractivity contribution in [3.8, 4) is 0 Å². The Labute approximate surface area is 74.3 Å². The molecule has 1 rings (SSSR count). The van der Waals surface area contributed by atoms with Crippen LogP contribution in [0.25, 0.3) is 11.9 Å². The first kappa shape index (κ1) is 9.15. The van der Waals surface area contributed by atoms with E-state index in [1.54, 1.807) is 12.4 Å². The minimum atomic E-state index is 0.754. The Hall–Kier alpha value is -0.940. The van der Waals surface area contributed by atoms with Gasteiger partial charge in [-0.3, -0.25) is 4.98 Å². The fraction of sp³-hybridized carbons (Fsp3) is 0.100. The predicted molar refractivity (Wildman–Crippen MR) is 56.9 cm³/mol. The largest absolute Gasteiger partial charge is 0.264 e. The van der Waals surface area contributed by atoms with E-state index in [9.17, 15) is 0 Å². The van der Waals surface area contributed by atoms with Crippen LogP contribution in [0.1, 0.15) is 0 Å². The molecule has 1 aromatic heterocycles. The molecule has 62 valence electrons. The Kier molecular flexibility index (Phi) is 3.19. The van der Waals surface area contributed by atoms with Gasteiger partial charge in [0.15, 0.2) is 0 Å². The van der Waals surface area contributed by atoms with Crippen molar-refractivity contribution >= 4 is 20.5 Å². The summed E-state index contributed by atoms with van der Waals surface area (Å²) in [6.07, 6.45) is 5.45. The molecule has 0 aliphatic rings. The molecule has 0 radical (unpaired) electrons. The monoisotopic (exact) mass is 177 g/mol. The molecule has 0 aliphatic carbocycles. The number of nitrogens with zero attached hydrogens (tertiary/aromatic N) is 1. The van der Waals surface area contributed by atoms with Gasteiger partial charge < -0.3 is 0 Å². The standard InChI is InChI=1S/C10H12NP/c1-4-10(12-3)9-5-6-11-7-8(9)2/h4-7,12H,1-2H2,3H3/b10-9+. The van der Waals surface area contributed by atoms with Gasteiger partial charge in [0, 0.05) is 12.4 Å². The summed E-state index contributed by atoms with van der Waals surface area (Å²) in [5.41, 5.74) is 0. The molecule has 12 heavy (non-hydrogen) atoms. The highest BCUT2D eigenvalue weighted by atomic mass is 31.1. The first-order valence-corrected chi connectivity index (χ1v) is 5.23. The van der Waals surface area contributed by atoms with Gasteiger partial charge in [-0.15, -0.1) is 0 Å². The number of allylic oxidation sites excluding steroid dienone is 1. The van der Waals surface area contributed by atoms with E-state index in [0.717, 1.165) is 13.8 Å². The Bertz CT molecular complexity index is 381. The lowest BCUT2D eigenvalue weighted by Crippen LogP contribution is -2.24. The number of hydrogen-bond donors (Lipinski definition) is 0. The van der Waals surface area contributed by atoms with E-state index in [1.165, 1.54) is 10.5 Å². The van der Waals surface area contributed by atoms with Gasteiger partial charge >= 0.3 is 0 Å². The van der Waals surface area contributed by atoms with Crippen molar-refractivity contribution in [1.82, 2.24) is 4.98 Å². The molecule has 0 saturated carbocycles. The van der Waals surface area contributed by atoms with Crippen LogP contribution in [0, 0.1) is 0 Å². The van der Waals surface area contributed by atoms with Crippen molar-refractivity contribution in [2.45, 2.75) is 0 Å². The average Bonchev–Trinajstić information content (AvgIpc) is 2.10. The summed E-state index contributed by atoms with van der Waals surface area (Å²) in [5.74, 6) is 0. The zero-order chi connectivity index (χ0) is 8.97. The second-order valence-electron chi connectivity index (χ2n) is 2.40. The van der Waals surface area contributed by atoms with E-state index in [-0.39, 0.29) is 0 Å². The second-order valence-corrected chi connectivity index (χ2v) is 3.44. The SMILES string of the molecule is C=C/C(PC)=c1/ccncc1=C. The molecule has 0 spiro atoms. The summed E-state index contributed by atoms with van der Waals surface area (Å²) >= 11 is 0. The highest BCUT2D eigenvalue weighted by Crippen LogP contribution is 2.18. The summed E-state index contributed by atoms with van der Waals surface area (Å²) < 4.78 is 0. The third-order valence-corrected chi connectivity index (χ3v) is 2.68. The average molecular weight is 177 g/mol. The minimum absolute atomic E-state index is 0.754. The van der Waals surface area contributed by atoms with Crippen molar-refractivity contribution in [3.05, 3.63) is 41.6 Å². The van der Waals surface area contributed by atoms with Gasteiger partial charge in [-0.2, -0.15) is 0 Å². The molecule has 1 aromatic rings. The van der Waals surface area contributed by atoms with Crippen molar-refractivity contribution in [3.63, 3.8) is 0 Å². The lowest BCUT2D eigenvalue weighted by Gasteiger charge is -1.96. The number of aromatic nitrogens is 1. The molecule has 0 saturated heterocycles. The van der Waals surface area contributed by atoms with Crippen LogP contribution >= 0.6 is 8.58 Å². The maximum Gasteiger partial charge on any atom is 0.0340 e. The van der Waals surface area contributed by atoms with Crippen molar-refractivity contribution in [2.75, 3.05) is 6.66 Å². The molecular formula is C10H12NP. The van der Waals surface area contributed by atoms with Gasteiger partial charge in [-0.25, -0.2) is 0 Å². The molecule has 0 fully saturated rings. The molecule has 1 nitrogen and oxygen atoms in total. The molecular weight excluding hydrogens is 165 g/mol. The summed E-state index contributed by atoms with van der Waals surface area (Å²) in [6.45, 7) is 9.82. The lowest BCUT2D eigenvalue weighted by molar-refractivity contribution is 1.28. The second kappa shape index (κ2) is 4.18. The van der Waals surface area contributed by atoms with E-state index in [0.29, 0.717) is 0 Å². The number of rotatable bonds is 2. The van der Waals surface area contributed by atoms with Gasteiger partial charge in [-0.05, 0) is 28.5 Å². The summed E-state index contributed by atoms with van der Waals surface area (Å²) in [6, 6.07) is 1.98. The molecule has 1 atom stereocenters. The fourth-order valence-electron chi connectivity index (χ4n) is 1.04. The quantitative estimate of drug-likeness (QED) is 0.616. The molecule has 0 bridgehead atoms. The zero-order valence-electron chi connectivity index (χ0n) is 7.17.